The Morgan fingerprint density at radius 3 is 2.89 bits per heavy atom. The van der Waals surface area contributed by atoms with Crippen LogP contribution in [0.5, 0.6) is 0 Å². The van der Waals surface area contributed by atoms with Crippen molar-refractivity contribution in [3.63, 3.8) is 0 Å². The second-order valence-corrected chi connectivity index (χ2v) is 4.25. The molecule has 1 atom stereocenters. The summed E-state index contributed by atoms with van der Waals surface area (Å²) in [7, 11) is 0. The monoisotopic (exact) mass is 241 g/mol. The molecule has 0 aliphatic carbocycles. The lowest BCUT2D eigenvalue weighted by atomic mass is 10.1. The van der Waals surface area contributed by atoms with Crippen LogP contribution in [0.25, 0.3) is 0 Å². The minimum Gasteiger partial charge on any atom is -0.414 e. The Morgan fingerprint density at radius 1 is 1.22 bits per heavy atom. The number of H-pyrrole nitrogens is 1. The lowest BCUT2D eigenvalue weighted by molar-refractivity contribution is -0.362. The zero-order valence-corrected chi connectivity index (χ0v) is 9.94. The summed E-state index contributed by atoms with van der Waals surface area (Å²) in [6.45, 7) is 1.99. The van der Waals surface area contributed by atoms with Gasteiger partial charge in [-0.15, -0.1) is 0 Å². The molecule has 1 aromatic carbocycles. The average Bonchev–Trinajstić information content (AvgIpc) is 2.70. The Kier molecular flexibility index (Phi) is 2.48. The fraction of sp³-hybridized carbons (Fsp3) is 0.143. The van der Waals surface area contributed by atoms with Gasteiger partial charge >= 0.3 is 5.97 Å². The van der Waals surface area contributed by atoms with Gasteiger partial charge in [-0.3, -0.25) is 0 Å². The van der Waals surface area contributed by atoms with Gasteiger partial charge in [0.05, 0.1) is 17.3 Å². The van der Waals surface area contributed by atoms with E-state index >= 15 is 0 Å². The number of carbonyl (C=O) groups excluding carboxylic acids is 1. The highest BCUT2D eigenvalue weighted by Crippen LogP contribution is 2.30. The number of esters is 1. The highest BCUT2D eigenvalue weighted by Gasteiger charge is 2.34. The molecule has 4 nitrogen and oxygen atoms in total. The second kappa shape index (κ2) is 4.14. The maximum Gasteiger partial charge on any atom is 0.342 e. The molecule has 0 bridgehead atoms. The number of aromatic nitrogens is 1. The molecule has 3 rings (SSSR count). The third-order valence-electron chi connectivity index (χ3n) is 3.03. The highest BCUT2D eigenvalue weighted by molar-refractivity contribution is 5.94. The summed E-state index contributed by atoms with van der Waals surface area (Å²) in [6, 6.07) is 11.3. The number of aromatic amines is 1. The first-order valence-electron chi connectivity index (χ1n) is 5.79. The zero-order chi connectivity index (χ0) is 12.5. The van der Waals surface area contributed by atoms with Crippen molar-refractivity contribution < 1.29 is 14.5 Å². The molecule has 2 heterocycles. The number of nitrogens with one attached hydrogen (secondary N) is 2. The number of carbonyl (C=O) groups is 1. The van der Waals surface area contributed by atoms with Crippen molar-refractivity contribution in [2.75, 3.05) is 5.32 Å². The van der Waals surface area contributed by atoms with E-state index in [1.165, 1.54) is 0 Å². The smallest absolute Gasteiger partial charge is 0.342 e. The zero-order valence-electron chi connectivity index (χ0n) is 9.94. The number of hydrogen-bond acceptors (Lipinski definition) is 3. The summed E-state index contributed by atoms with van der Waals surface area (Å²) in [4.78, 5) is 14.8. The quantitative estimate of drug-likeness (QED) is 0.819. The van der Waals surface area contributed by atoms with Gasteiger partial charge in [-0.25, -0.2) is 15.1 Å². The van der Waals surface area contributed by atoms with Gasteiger partial charge in [0.25, 0.3) is 12.0 Å². The van der Waals surface area contributed by atoms with Gasteiger partial charge in [-0.2, -0.15) is 0 Å². The third-order valence-corrected chi connectivity index (χ3v) is 3.03. The Bertz CT molecular complexity index is 610. The third kappa shape index (κ3) is 1.72. The lowest BCUT2D eigenvalue weighted by Crippen LogP contribution is -2.18. The van der Waals surface area contributed by atoms with Crippen LogP contribution in [0.3, 0.4) is 0 Å². The summed E-state index contributed by atoms with van der Waals surface area (Å²) in [6.07, 6.45) is 1.41. The average molecular weight is 241 g/mol. The number of anilines is 1. The number of rotatable bonds is 2. The molecule has 0 spiro atoms. The fourth-order valence-electron chi connectivity index (χ4n) is 2.06. The van der Waals surface area contributed by atoms with Crippen molar-refractivity contribution in [2.24, 2.45) is 0 Å². The number of benzene rings is 1. The van der Waals surface area contributed by atoms with E-state index in [2.05, 4.69) is 10.3 Å². The topological polar surface area (TPSA) is 52.5 Å². The van der Waals surface area contributed by atoms with E-state index in [9.17, 15) is 4.79 Å². The molecule has 90 valence electrons. The van der Waals surface area contributed by atoms with Crippen LogP contribution in [0.4, 0.5) is 5.82 Å². The van der Waals surface area contributed by atoms with Crippen molar-refractivity contribution in [3.05, 3.63) is 59.3 Å². The van der Waals surface area contributed by atoms with Gasteiger partial charge in [-0.05, 0) is 25.1 Å². The standard InChI is InChI=1S/C14H12N2O2/c1-9-5-4-8-15-12(9)16-13-10-6-2-3-7-11(10)14(17)18-13/h2-8,13H,1H3,(H,15,16)/p+1/t13-/m0/s1. The van der Waals surface area contributed by atoms with Gasteiger partial charge < -0.3 is 4.74 Å². The van der Waals surface area contributed by atoms with Crippen molar-refractivity contribution in [3.8, 4) is 0 Å². The first-order valence-corrected chi connectivity index (χ1v) is 5.79. The van der Waals surface area contributed by atoms with E-state index in [1.54, 1.807) is 6.07 Å². The summed E-state index contributed by atoms with van der Waals surface area (Å²) in [5.74, 6) is 0.573. The number of aryl methyl sites for hydroxylation is 1. The molecule has 0 saturated heterocycles. The van der Waals surface area contributed by atoms with E-state index in [4.69, 9.17) is 4.74 Å². The molecule has 0 fully saturated rings. The molecule has 1 aliphatic heterocycles. The summed E-state index contributed by atoms with van der Waals surface area (Å²) < 4.78 is 5.32. The molecule has 2 aromatic rings. The predicted molar refractivity (Wildman–Crippen MR) is 66.0 cm³/mol. The van der Waals surface area contributed by atoms with E-state index in [0.717, 1.165) is 16.9 Å². The Morgan fingerprint density at radius 2 is 2.06 bits per heavy atom. The molecule has 1 aliphatic rings. The van der Waals surface area contributed by atoms with Crippen molar-refractivity contribution in [1.29, 1.82) is 0 Å². The molecule has 0 unspecified atom stereocenters. The van der Waals surface area contributed by atoms with Crippen LogP contribution in [-0.2, 0) is 4.74 Å². The van der Waals surface area contributed by atoms with E-state index in [0.29, 0.717) is 5.56 Å². The molecule has 1 aromatic heterocycles. The normalized spacial score (nSPS) is 17.2. The van der Waals surface area contributed by atoms with Crippen LogP contribution in [0.15, 0.2) is 42.6 Å². The van der Waals surface area contributed by atoms with Crippen LogP contribution >= 0.6 is 0 Å². The molecular weight excluding hydrogens is 228 g/mol. The minimum absolute atomic E-state index is 0.281. The molecule has 0 saturated carbocycles. The largest absolute Gasteiger partial charge is 0.414 e. The van der Waals surface area contributed by atoms with Crippen molar-refractivity contribution in [1.82, 2.24) is 0 Å². The van der Waals surface area contributed by atoms with Crippen LogP contribution in [0.2, 0.25) is 0 Å². The van der Waals surface area contributed by atoms with Gasteiger partial charge in [-0.1, -0.05) is 18.2 Å². The van der Waals surface area contributed by atoms with Gasteiger partial charge in [0.1, 0.15) is 0 Å². The minimum atomic E-state index is -0.425. The maximum absolute atomic E-state index is 11.7. The Labute approximate surface area is 105 Å². The van der Waals surface area contributed by atoms with Crippen LogP contribution in [0, 0.1) is 6.92 Å². The Balaban J connectivity index is 1.92. The van der Waals surface area contributed by atoms with Crippen molar-refractivity contribution in [2.45, 2.75) is 13.2 Å². The molecule has 4 heteroatoms. The highest BCUT2D eigenvalue weighted by atomic mass is 16.6. The van der Waals surface area contributed by atoms with E-state index in [1.807, 2.05) is 43.5 Å². The number of hydrogen-bond donors (Lipinski definition) is 1. The number of pyridine rings is 1. The molecule has 18 heavy (non-hydrogen) atoms. The van der Waals surface area contributed by atoms with Crippen molar-refractivity contribution >= 4 is 11.8 Å². The van der Waals surface area contributed by atoms with Crippen LogP contribution in [-0.4, -0.2) is 5.97 Å². The van der Waals surface area contributed by atoms with Crippen LogP contribution < -0.4 is 10.3 Å². The van der Waals surface area contributed by atoms with Gasteiger partial charge in [0.15, 0.2) is 0 Å². The predicted octanol–water partition coefficient (Wildman–Crippen LogP) is 2.09. The fourth-order valence-corrected chi connectivity index (χ4v) is 2.06. The maximum atomic E-state index is 11.7. The first-order chi connectivity index (χ1) is 8.75. The van der Waals surface area contributed by atoms with Crippen LogP contribution in [0.1, 0.15) is 27.7 Å². The summed E-state index contributed by atoms with van der Waals surface area (Å²) in [5.41, 5.74) is 2.57. The molecular formula is C14H13N2O2+. The second-order valence-electron chi connectivity index (χ2n) is 4.25. The summed E-state index contributed by atoms with van der Waals surface area (Å²) >= 11 is 0. The van der Waals surface area contributed by atoms with E-state index in [-0.39, 0.29) is 5.97 Å². The number of cyclic esters (lactones) is 1. The van der Waals surface area contributed by atoms with Gasteiger partial charge in [0.2, 0.25) is 0 Å². The number of fused-ring (bicyclic) bond motifs is 1. The Hall–Kier alpha value is -2.36. The molecule has 0 amide bonds. The first kappa shape index (κ1) is 10.8. The van der Waals surface area contributed by atoms with Gasteiger partial charge in [0, 0.05) is 5.56 Å². The SMILES string of the molecule is Cc1ccc[nH+]c1N[C@H]1OC(=O)c2ccccc21. The lowest BCUT2D eigenvalue weighted by Gasteiger charge is -2.08. The summed E-state index contributed by atoms with van der Waals surface area (Å²) in [5, 5.41) is 3.20. The molecule has 2 N–H and O–H groups in total. The van der Waals surface area contributed by atoms with E-state index < -0.39 is 6.23 Å². The number of ether oxygens (including phenoxy) is 1. The molecule has 0 radical (unpaired) electrons.